The Morgan fingerprint density at radius 1 is 0.524 bits per heavy atom. The largest absolute Gasteiger partial charge is 0.394 e. The fraction of sp³-hybridized carbons (Fsp3) is 1.00. The van der Waals surface area contributed by atoms with Gasteiger partial charge in [-0.15, -0.1) is 0 Å². The number of hydrogen-bond acceptors (Lipinski definition) is 19. The summed E-state index contributed by atoms with van der Waals surface area (Å²) in [4.78, 5) is 0. The van der Waals surface area contributed by atoms with Crippen LogP contribution in [0.4, 0.5) is 0 Å². The Kier molecular flexibility index (Phi) is 11.5. The van der Waals surface area contributed by atoms with E-state index >= 15 is 0 Å². The van der Waals surface area contributed by atoms with Crippen molar-refractivity contribution in [3.63, 3.8) is 0 Å². The first-order chi connectivity index (χ1) is 19.8. The van der Waals surface area contributed by atoms with E-state index in [1.165, 1.54) is 0 Å². The standard InChI is InChI=1S/C23H45N5O14/c24-2-7-13(32)15(34)10(27)21(37-7)41-19-9(4-30)39-23(17(19)36)42-20-12(31)5(25)1-6(26)18(20)40-22-11(28)16(35)14(33)8(3-29)38-22/h5-23,29-36H,1-4,24-28H2/t5-,6+,7+,8-,9+,10-,11+,12-,13-,14+,15+,16-,17-,18+,19-,20-,21-,22+,23-/m1/s1. The molecule has 19 heteroatoms. The predicted octanol–water partition coefficient (Wildman–Crippen LogP) is -8.86. The van der Waals surface area contributed by atoms with Crippen LogP contribution in [0.2, 0.25) is 0 Å². The van der Waals surface area contributed by atoms with Crippen LogP contribution in [-0.4, -0.2) is 177 Å². The highest BCUT2D eigenvalue weighted by molar-refractivity contribution is 5.02. The summed E-state index contributed by atoms with van der Waals surface area (Å²) in [6.07, 6.45) is -20.5. The normalized spacial score (nSPS) is 53.8. The summed E-state index contributed by atoms with van der Waals surface area (Å²) in [6, 6.07) is -4.30. The van der Waals surface area contributed by atoms with E-state index < -0.39 is 129 Å². The maximum absolute atomic E-state index is 11.1. The van der Waals surface area contributed by atoms with Gasteiger partial charge in [-0.25, -0.2) is 0 Å². The third kappa shape index (κ3) is 6.60. The molecule has 1 saturated carbocycles. The van der Waals surface area contributed by atoms with E-state index in [4.69, 9.17) is 57.1 Å². The van der Waals surface area contributed by atoms with Crippen molar-refractivity contribution in [2.45, 2.75) is 123 Å². The molecule has 0 aromatic carbocycles. The minimum Gasteiger partial charge on any atom is -0.394 e. The smallest absolute Gasteiger partial charge is 0.187 e. The van der Waals surface area contributed by atoms with Gasteiger partial charge in [-0.05, 0) is 6.42 Å². The van der Waals surface area contributed by atoms with E-state index in [1.54, 1.807) is 0 Å². The average molecular weight is 616 g/mol. The zero-order chi connectivity index (χ0) is 31.0. The first-order valence-electron chi connectivity index (χ1n) is 13.8. The molecule has 0 aromatic rings. The summed E-state index contributed by atoms with van der Waals surface area (Å²) < 4.78 is 34.4. The molecule has 0 bridgehead atoms. The quantitative estimate of drug-likeness (QED) is 0.114. The second kappa shape index (κ2) is 14.1. The van der Waals surface area contributed by atoms with Gasteiger partial charge in [0.25, 0.3) is 0 Å². The molecule has 3 heterocycles. The molecule has 0 spiro atoms. The van der Waals surface area contributed by atoms with Crippen LogP contribution in [-0.2, 0) is 28.4 Å². The molecule has 4 rings (SSSR count). The molecule has 19 nitrogen and oxygen atoms in total. The molecule has 3 saturated heterocycles. The van der Waals surface area contributed by atoms with Crippen molar-refractivity contribution >= 4 is 0 Å². The minimum absolute atomic E-state index is 0.0642. The van der Waals surface area contributed by atoms with Crippen molar-refractivity contribution in [2.75, 3.05) is 19.8 Å². The van der Waals surface area contributed by atoms with Gasteiger partial charge in [0.15, 0.2) is 18.9 Å². The number of ether oxygens (including phenoxy) is 6. The summed E-state index contributed by atoms with van der Waals surface area (Å²) in [7, 11) is 0. The average Bonchev–Trinajstić information content (AvgIpc) is 3.27. The lowest BCUT2D eigenvalue weighted by atomic mass is 9.84. The highest BCUT2D eigenvalue weighted by Gasteiger charge is 2.54. The number of nitrogens with two attached hydrogens (primary N) is 5. The Balaban J connectivity index is 1.50. The van der Waals surface area contributed by atoms with E-state index in [0.717, 1.165) is 0 Å². The van der Waals surface area contributed by atoms with Crippen molar-refractivity contribution in [1.82, 2.24) is 0 Å². The van der Waals surface area contributed by atoms with Crippen molar-refractivity contribution < 1.29 is 69.3 Å². The predicted molar refractivity (Wildman–Crippen MR) is 136 cm³/mol. The topological polar surface area (TPSA) is 347 Å². The SMILES string of the molecule is NC[C@@H]1O[C@H](O[C@H]2[C@@H](O)[C@@H](O[C@@H]3[C@H](O)[C@H](N)C[C@H](N)[C@@H]3O[C@@H]3O[C@H](CO)[C@H](O)[C@H](O)[C@@H]3N)O[C@H]2CO)[C@H](N)[C@H](O)[C@@H]1O. The Bertz CT molecular complexity index is 866. The van der Waals surface area contributed by atoms with E-state index in [0.29, 0.717) is 0 Å². The lowest BCUT2D eigenvalue weighted by Gasteiger charge is -2.47. The maximum Gasteiger partial charge on any atom is 0.187 e. The number of hydrogen-bond donors (Lipinski definition) is 13. The van der Waals surface area contributed by atoms with Gasteiger partial charge in [0, 0.05) is 18.6 Å². The fourth-order valence-electron chi connectivity index (χ4n) is 5.70. The number of aliphatic hydroxyl groups excluding tert-OH is 8. The van der Waals surface area contributed by atoms with Crippen molar-refractivity contribution in [2.24, 2.45) is 28.7 Å². The molecule has 18 N–H and O–H groups in total. The Hall–Kier alpha value is -0.760. The molecular formula is C23H45N5O14. The van der Waals surface area contributed by atoms with Crippen LogP contribution in [0.3, 0.4) is 0 Å². The molecule has 19 atom stereocenters. The van der Waals surface area contributed by atoms with Crippen LogP contribution >= 0.6 is 0 Å². The molecule has 4 aliphatic rings. The first-order valence-corrected chi connectivity index (χ1v) is 13.8. The van der Waals surface area contributed by atoms with Crippen molar-refractivity contribution in [1.29, 1.82) is 0 Å². The Labute approximate surface area is 240 Å². The Morgan fingerprint density at radius 2 is 1.00 bits per heavy atom. The summed E-state index contributed by atoms with van der Waals surface area (Å²) in [6.45, 7) is -1.49. The van der Waals surface area contributed by atoms with Gasteiger partial charge in [-0.3, -0.25) is 0 Å². The number of aliphatic hydroxyl groups is 8. The summed E-state index contributed by atoms with van der Waals surface area (Å²) in [5, 5.41) is 82.3. The van der Waals surface area contributed by atoms with E-state index in [1.807, 2.05) is 0 Å². The highest BCUT2D eigenvalue weighted by Crippen LogP contribution is 2.34. The van der Waals surface area contributed by atoms with E-state index in [9.17, 15) is 40.9 Å². The minimum atomic E-state index is -1.62. The van der Waals surface area contributed by atoms with Crippen LogP contribution in [0.25, 0.3) is 0 Å². The zero-order valence-corrected chi connectivity index (χ0v) is 22.7. The van der Waals surface area contributed by atoms with Gasteiger partial charge in [0.05, 0.1) is 31.4 Å². The number of rotatable bonds is 9. The second-order valence-electron chi connectivity index (χ2n) is 11.2. The van der Waals surface area contributed by atoms with Crippen LogP contribution in [0, 0.1) is 0 Å². The van der Waals surface area contributed by atoms with Gasteiger partial charge in [0.2, 0.25) is 0 Å². The molecule has 0 amide bonds. The van der Waals surface area contributed by atoms with E-state index in [2.05, 4.69) is 0 Å². The molecule has 3 aliphatic heterocycles. The third-order valence-electron chi connectivity index (χ3n) is 8.32. The van der Waals surface area contributed by atoms with Crippen LogP contribution in [0.15, 0.2) is 0 Å². The molecule has 42 heavy (non-hydrogen) atoms. The van der Waals surface area contributed by atoms with Gasteiger partial charge < -0.3 is 97.9 Å². The van der Waals surface area contributed by atoms with Crippen LogP contribution in [0.5, 0.6) is 0 Å². The van der Waals surface area contributed by atoms with E-state index in [-0.39, 0.29) is 13.0 Å². The van der Waals surface area contributed by atoms with Crippen molar-refractivity contribution in [3.05, 3.63) is 0 Å². The molecule has 4 fully saturated rings. The van der Waals surface area contributed by atoms with Gasteiger partial charge >= 0.3 is 0 Å². The second-order valence-corrected chi connectivity index (χ2v) is 11.2. The molecule has 0 unspecified atom stereocenters. The molecule has 246 valence electrons. The van der Waals surface area contributed by atoms with Gasteiger partial charge in [0.1, 0.15) is 67.1 Å². The summed E-state index contributed by atoms with van der Waals surface area (Å²) in [5.41, 5.74) is 29.9. The monoisotopic (exact) mass is 615 g/mol. The Morgan fingerprint density at radius 3 is 1.55 bits per heavy atom. The van der Waals surface area contributed by atoms with Crippen molar-refractivity contribution in [3.8, 4) is 0 Å². The first kappa shape index (κ1) is 34.1. The van der Waals surface area contributed by atoms with Gasteiger partial charge in [-0.2, -0.15) is 0 Å². The molecular weight excluding hydrogens is 570 g/mol. The lowest BCUT2D eigenvalue weighted by Crippen LogP contribution is -2.68. The fourth-order valence-corrected chi connectivity index (χ4v) is 5.70. The summed E-state index contributed by atoms with van der Waals surface area (Å²) >= 11 is 0. The highest BCUT2D eigenvalue weighted by atomic mass is 16.8. The molecule has 0 aromatic heterocycles. The van der Waals surface area contributed by atoms with Crippen LogP contribution in [0.1, 0.15) is 6.42 Å². The summed E-state index contributed by atoms with van der Waals surface area (Å²) in [5.74, 6) is 0. The van der Waals surface area contributed by atoms with Crippen LogP contribution < -0.4 is 28.7 Å². The molecule has 1 aliphatic carbocycles. The van der Waals surface area contributed by atoms with Gasteiger partial charge in [-0.1, -0.05) is 0 Å². The third-order valence-corrected chi connectivity index (χ3v) is 8.32. The molecule has 0 radical (unpaired) electrons. The lowest BCUT2D eigenvalue weighted by molar-refractivity contribution is -0.310. The maximum atomic E-state index is 11.1. The zero-order valence-electron chi connectivity index (χ0n) is 22.7.